The minimum Gasteiger partial charge on any atom is -0.343 e. The Labute approximate surface area is 143 Å². The van der Waals surface area contributed by atoms with Gasteiger partial charge in [0.1, 0.15) is 5.82 Å². The summed E-state index contributed by atoms with van der Waals surface area (Å²) in [5.41, 5.74) is 3.89. The number of carbonyl (C=O) groups excluding carboxylic acids is 2. The molecule has 0 fully saturated rings. The molecule has 2 N–H and O–H groups in total. The van der Waals surface area contributed by atoms with Gasteiger partial charge >= 0.3 is 0 Å². The summed E-state index contributed by atoms with van der Waals surface area (Å²) in [6.45, 7) is 1.45. The van der Waals surface area contributed by atoms with Crippen LogP contribution >= 0.6 is 11.6 Å². The van der Waals surface area contributed by atoms with Crippen LogP contribution in [0, 0.1) is 5.82 Å². The predicted octanol–water partition coefficient (Wildman–Crippen LogP) is 2.75. The van der Waals surface area contributed by atoms with Gasteiger partial charge in [-0.05, 0) is 42.8 Å². The van der Waals surface area contributed by atoms with Crippen molar-refractivity contribution >= 4 is 29.1 Å². The largest absolute Gasteiger partial charge is 0.343 e. The molecule has 0 aliphatic carbocycles. The highest BCUT2D eigenvalue weighted by Crippen LogP contribution is 2.10. The molecule has 0 saturated heterocycles. The molecule has 2 aromatic rings. The molecule has 124 valence electrons. The second-order valence-electron chi connectivity index (χ2n) is 4.93. The van der Waals surface area contributed by atoms with Crippen molar-refractivity contribution in [2.45, 2.75) is 6.92 Å². The second-order valence-corrected chi connectivity index (χ2v) is 5.37. The first kappa shape index (κ1) is 17.6. The Kier molecular flexibility index (Phi) is 6.03. The van der Waals surface area contributed by atoms with Gasteiger partial charge in [0.05, 0.1) is 12.3 Å². The Morgan fingerprint density at radius 1 is 1.12 bits per heavy atom. The average molecular weight is 348 g/mol. The van der Waals surface area contributed by atoms with E-state index in [-0.39, 0.29) is 12.4 Å². The highest BCUT2D eigenvalue weighted by Gasteiger charge is 2.08. The van der Waals surface area contributed by atoms with Crippen molar-refractivity contribution in [2.24, 2.45) is 5.10 Å². The number of hydrazone groups is 1. The molecular formula is C17H15ClFN3O2. The molecular weight excluding hydrogens is 333 g/mol. The maximum absolute atomic E-state index is 12.8. The highest BCUT2D eigenvalue weighted by molar-refractivity contribution is 6.31. The molecule has 0 heterocycles. The van der Waals surface area contributed by atoms with Gasteiger partial charge in [0.2, 0.25) is 0 Å². The molecule has 0 radical (unpaired) electrons. The summed E-state index contributed by atoms with van der Waals surface area (Å²) < 4.78 is 12.8. The van der Waals surface area contributed by atoms with E-state index in [0.717, 1.165) is 0 Å². The molecule has 0 aliphatic rings. The molecule has 0 saturated carbocycles. The lowest BCUT2D eigenvalue weighted by Crippen LogP contribution is -2.35. The summed E-state index contributed by atoms with van der Waals surface area (Å²) in [4.78, 5) is 23.6. The van der Waals surface area contributed by atoms with Gasteiger partial charge < -0.3 is 5.32 Å². The molecule has 2 aromatic carbocycles. The standard InChI is InChI=1S/C17H15ClFN3O2/c1-11(12-5-7-15(19)8-6-12)21-22-16(23)10-20-17(24)13-3-2-4-14(18)9-13/h2-9H,10H2,1H3,(H,20,24)(H,22,23). The summed E-state index contributed by atoms with van der Waals surface area (Å²) in [5.74, 6) is -1.24. The van der Waals surface area contributed by atoms with E-state index in [9.17, 15) is 14.0 Å². The molecule has 5 nitrogen and oxygen atoms in total. The van der Waals surface area contributed by atoms with Crippen LogP contribution < -0.4 is 10.7 Å². The van der Waals surface area contributed by atoms with Crippen LogP contribution in [0.15, 0.2) is 53.6 Å². The summed E-state index contributed by atoms with van der Waals surface area (Å²) in [5, 5.41) is 6.82. The fourth-order valence-electron chi connectivity index (χ4n) is 1.83. The number of hydrogen-bond donors (Lipinski definition) is 2. The summed E-state index contributed by atoms with van der Waals surface area (Å²) in [6, 6.07) is 12.1. The van der Waals surface area contributed by atoms with Crippen LogP contribution in [0.1, 0.15) is 22.8 Å². The molecule has 24 heavy (non-hydrogen) atoms. The third-order valence-electron chi connectivity index (χ3n) is 3.11. The molecule has 0 spiro atoms. The average Bonchev–Trinajstić information content (AvgIpc) is 2.58. The van der Waals surface area contributed by atoms with Crippen molar-refractivity contribution in [3.05, 3.63) is 70.5 Å². The highest BCUT2D eigenvalue weighted by atomic mass is 35.5. The summed E-state index contributed by atoms with van der Waals surface area (Å²) >= 11 is 5.80. The monoisotopic (exact) mass is 347 g/mol. The molecule has 2 amide bonds. The van der Waals surface area contributed by atoms with Crippen molar-refractivity contribution in [1.29, 1.82) is 0 Å². The quantitative estimate of drug-likeness (QED) is 0.645. The van der Waals surface area contributed by atoms with E-state index >= 15 is 0 Å². The van der Waals surface area contributed by atoms with Crippen LogP contribution in [0.3, 0.4) is 0 Å². The van der Waals surface area contributed by atoms with E-state index in [1.807, 2.05) is 0 Å². The van der Waals surface area contributed by atoms with Crippen LogP contribution in [-0.2, 0) is 4.79 Å². The predicted molar refractivity (Wildman–Crippen MR) is 90.5 cm³/mol. The number of nitrogens with one attached hydrogen (secondary N) is 2. The van der Waals surface area contributed by atoms with Gasteiger partial charge in [0.15, 0.2) is 0 Å². The van der Waals surface area contributed by atoms with Crippen molar-refractivity contribution < 1.29 is 14.0 Å². The van der Waals surface area contributed by atoms with Gasteiger partial charge in [0, 0.05) is 10.6 Å². The topological polar surface area (TPSA) is 70.6 Å². The van der Waals surface area contributed by atoms with E-state index in [1.54, 1.807) is 37.3 Å². The smallest absolute Gasteiger partial charge is 0.259 e. The van der Waals surface area contributed by atoms with E-state index in [0.29, 0.717) is 21.9 Å². The first-order valence-electron chi connectivity index (χ1n) is 7.08. The minimum absolute atomic E-state index is 0.231. The number of carbonyl (C=O) groups is 2. The molecule has 0 bridgehead atoms. The first-order chi connectivity index (χ1) is 11.5. The summed E-state index contributed by atoms with van der Waals surface area (Å²) in [6.07, 6.45) is 0. The fraction of sp³-hybridized carbons (Fsp3) is 0.118. The van der Waals surface area contributed by atoms with Crippen LogP contribution in [0.5, 0.6) is 0 Å². The van der Waals surface area contributed by atoms with Crippen LogP contribution in [0.25, 0.3) is 0 Å². The molecule has 2 rings (SSSR count). The number of hydrogen-bond acceptors (Lipinski definition) is 3. The van der Waals surface area contributed by atoms with Gasteiger partial charge in [-0.3, -0.25) is 9.59 Å². The molecule has 7 heteroatoms. The zero-order valence-corrected chi connectivity index (χ0v) is 13.6. The lowest BCUT2D eigenvalue weighted by atomic mass is 10.1. The number of benzene rings is 2. The SMILES string of the molecule is CC(=NNC(=O)CNC(=O)c1cccc(Cl)c1)c1ccc(F)cc1. The molecule has 0 atom stereocenters. The second kappa shape index (κ2) is 8.21. The van der Waals surface area contributed by atoms with Gasteiger partial charge in [-0.25, -0.2) is 9.82 Å². The van der Waals surface area contributed by atoms with E-state index in [4.69, 9.17) is 11.6 Å². The zero-order chi connectivity index (χ0) is 17.5. The van der Waals surface area contributed by atoms with Crippen molar-refractivity contribution in [2.75, 3.05) is 6.54 Å². The Morgan fingerprint density at radius 3 is 2.50 bits per heavy atom. The number of halogens is 2. The van der Waals surface area contributed by atoms with Crippen LogP contribution in [0.4, 0.5) is 4.39 Å². The zero-order valence-electron chi connectivity index (χ0n) is 12.8. The van der Waals surface area contributed by atoms with Gasteiger partial charge in [0.25, 0.3) is 11.8 Å². The third kappa shape index (κ3) is 5.17. The Bertz CT molecular complexity index is 776. The minimum atomic E-state index is -0.480. The maximum Gasteiger partial charge on any atom is 0.259 e. The van der Waals surface area contributed by atoms with E-state index in [2.05, 4.69) is 15.8 Å². The van der Waals surface area contributed by atoms with Gasteiger partial charge in [-0.1, -0.05) is 29.8 Å². The number of rotatable bonds is 5. The lowest BCUT2D eigenvalue weighted by molar-refractivity contribution is -0.120. The molecule has 0 unspecified atom stereocenters. The van der Waals surface area contributed by atoms with Gasteiger partial charge in [-0.15, -0.1) is 0 Å². The van der Waals surface area contributed by atoms with Crippen LogP contribution in [-0.4, -0.2) is 24.1 Å². The first-order valence-corrected chi connectivity index (χ1v) is 7.46. The van der Waals surface area contributed by atoms with Crippen LogP contribution in [0.2, 0.25) is 5.02 Å². The van der Waals surface area contributed by atoms with Crippen molar-refractivity contribution in [3.63, 3.8) is 0 Å². The number of nitrogens with zero attached hydrogens (tertiary/aromatic N) is 1. The maximum atomic E-state index is 12.8. The Morgan fingerprint density at radius 2 is 1.83 bits per heavy atom. The number of amides is 2. The fourth-order valence-corrected chi connectivity index (χ4v) is 2.02. The van der Waals surface area contributed by atoms with E-state index in [1.165, 1.54) is 18.2 Å². The van der Waals surface area contributed by atoms with Crippen molar-refractivity contribution in [1.82, 2.24) is 10.7 Å². The summed E-state index contributed by atoms with van der Waals surface area (Å²) in [7, 11) is 0. The van der Waals surface area contributed by atoms with E-state index < -0.39 is 11.8 Å². The third-order valence-corrected chi connectivity index (χ3v) is 3.34. The lowest BCUT2D eigenvalue weighted by Gasteiger charge is -2.05. The van der Waals surface area contributed by atoms with Crippen molar-refractivity contribution in [3.8, 4) is 0 Å². The Balaban J connectivity index is 1.86. The normalized spacial score (nSPS) is 11.0. The Hall–Kier alpha value is -2.73. The molecule has 0 aromatic heterocycles. The van der Waals surface area contributed by atoms with Gasteiger partial charge in [-0.2, -0.15) is 5.10 Å². The molecule has 0 aliphatic heterocycles.